The normalized spacial score (nSPS) is 12.0. The van der Waals surface area contributed by atoms with Crippen LogP contribution in [0.15, 0.2) is 18.3 Å². The minimum Gasteiger partial charge on any atom is -0.481 e. The van der Waals surface area contributed by atoms with E-state index in [1.807, 2.05) is 29.7 Å². The molecule has 0 atom stereocenters. The van der Waals surface area contributed by atoms with Crippen LogP contribution < -0.4 is 0 Å². The molecule has 2 aromatic heterocycles. The number of hydrogen-bond donors (Lipinski definition) is 1. The maximum absolute atomic E-state index is 11.0. The van der Waals surface area contributed by atoms with Crippen LogP contribution in [0.25, 0.3) is 5.65 Å². The third-order valence-corrected chi connectivity index (χ3v) is 2.97. The van der Waals surface area contributed by atoms with Crippen molar-refractivity contribution in [3.63, 3.8) is 0 Å². The summed E-state index contributed by atoms with van der Waals surface area (Å²) >= 11 is 0. The van der Waals surface area contributed by atoms with Crippen LogP contribution in [-0.4, -0.2) is 20.5 Å². The van der Waals surface area contributed by atoms with Crippen molar-refractivity contribution in [1.29, 1.82) is 0 Å². The number of imidazole rings is 1. The van der Waals surface area contributed by atoms with Gasteiger partial charge in [0, 0.05) is 11.6 Å². The van der Waals surface area contributed by atoms with Crippen LogP contribution in [0.3, 0.4) is 0 Å². The summed E-state index contributed by atoms with van der Waals surface area (Å²) in [6, 6.07) is 3.90. The van der Waals surface area contributed by atoms with E-state index in [9.17, 15) is 4.79 Å². The molecule has 0 aromatic carbocycles. The molecule has 4 heteroatoms. The number of nitrogens with zero attached hydrogens (tertiary/aromatic N) is 2. The van der Waals surface area contributed by atoms with Crippen molar-refractivity contribution in [2.75, 3.05) is 0 Å². The van der Waals surface area contributed by atoms with Crippen molar-refractivity contribution in [3.8, 4) is 0 Å². The molecule has 1 N–H and O–H groups in total. The highest BCUT2D eigenvalue weighted by molar-refractivity contribution is 5.71. The minimum atomic E-state index is -0.830. The average Bonchev–Trinajstić information content (AvgIpc) is 2.57. The van der Waals surface area contributed by atoms with Gasteiger partial charge in [0.1, 0.15) is 5.65 Å². The molecule has 0 aliphatic rings. The second kappa shape index (κ2) is 4.12. The number of hydrogen-bond acceptors (Lipinski definition) is 2. The second-order valence-corrected chi connectivity index (χ2v) is 5.61. The van der Waals surface area contributed by atoms with Gasteiger partial charge >= 0.3 is 5.97 Å². The predicted octanol–water partition coefficient (Wildman–Crippen LogP) is 2.57. The molecule has 0 spiro atoms. The zero-order valence-corrected chi connectivity index (χ0v) is 11.2. The molecule has 0 saturated heterocycles. The average molecular weight is 246 g/mol. The molecule has 0 fully saturated rings. The zero-order valence-electron chi connectivity index (χ0n) is 11.2. The highest BCUT2D eigenvalue weighted by atomic mass is 16.4. The third kappa shape index (κ3) is 2.10. The predicted molar refractivity (Wildman–Crippen MR) is 70.0 cm³/mol. The Labute approximate surface area is 106 Å². The van der Waals surface area contributed by atoms with Crippen LogP contribution in [0.1, 0.15) is 37.7 Å². The minimum absolute atomic E-state index is 0.00275. The van der Waals surface area contributed by atoms with Gasteiger partial charge in [0.05, 0.1) is 17.8 Å². The van der Waals surface area contributed by atoms with Crippen molar-refractivity contribution in [3.05, 3.63) is 35.3 Å². The van der Waals surface area contributed by atoms with E-state index in [4.69, 9.17) is 5.11 Å². The zero-order chi connectivity index (χ0) is 13.5. The molecule has 4 nitrogen and oxygen atoms in total. The Morgan fingerprint density at radius 2 is 2.11 bits per heavy atom. The molecule has 2 aromatic rings. The number of carbonyl (C=O) groups is 1. The van der Waals surface area contributed by atoms with Crippen molar-refractivity contribution in [2.45, 2.75) is 39.5 Å². The van der Waals surface area contributed by atoms with Crippen molar-refractivity contribution >= 4 is 11.6 Å². The summed E-state index contributed by atoms with van der Waals surface area (Å²) in [6.07, 6.45) is 1.88. The van der Waals surface area contributed by atoms with Gasteiger partial charge in [0.15, 0.2) is 0 Å². The van der Waals surface area contributed by atoms with E-state index in [0.717, 1.165) is 22.6 Å². The van der Waals surface area contributed by atoms with Crippen molar-refractivity contribution in [2.24, 2.45) is 0 Å². The molecule has 0 unspecified atom stereocenters. The van der Waals surface area contributed by atoms with Gasteiger partial charge in [0.25, 0.3) is 0 Å². The Hall–Kier alpha value is -1.84. The largest absolute Gasteiger partial charge is 0.481 e. The lowest BCUT2D eigenvalue weighted by atomic mass is 9.90. The van der Waals surface area contributed by atoms with Gasteiger partial charge in [0.2, 0.25) is 0 Å². The second-order valence-electron chi connectivity index (χ2n) is 5.61. The Morgan fingerprint density at radius 3 is 2.67 bits per heavy atom. The van der Waals surface area contributed by atoms with E-state index in [1.165, 1.54) is 0 Å². The summed E-state index contributed by atoms with van der Waals surface area (Å²) in [7, 11) is 0. The monoisotopic (exact) mass is 246 g/mol. The number of fused-ring (bicyclic) bond motifs is 1. The van der Waals surface area contributed by atoms with Gasteiger partial charge in [-0.25, -0.2) is 4.98 Å². The number of aliphatic carboxylic acids is 1. The first-order valence-corrected chi connectivity index (χ1v) is 5.99. The van der Waals surface area contributed by atoms with Crippen LogP contribution in [0.2, 0.25) is 0 Å². The fourth-order valence-electron chi connectivity index (χ4n) is 2.17. The van der Waals surface area contributed by atoms with Crippen LogP contribution in [0.4, 0.5) is 0 Å². The Bertz CT molecular complexity index is 606. The highest BCUT2D eigenvalue weighted by Gasteiger charge is 2.25. The molecule has 0 bridgehead atoms. The van der Waals surface area contributed by atoms with Gasteiger partial charge in [-0.2, -0.15) is 0 Å². The molecule has 96 valence electrons. The Kier molecular flexibility index (Phi) is 2.89. The van der Waals surface area contributed by atoms with E-state index in [0.29, 0.717) is 0 Å². The molecule has 0 amide bonds. The fourth-order valence-corrected chi connectivity index (χ4v) is 2.17. The summed E-state index contributed by atoms with van der Waals surface area (Å²) in [6.45, 7) is 8.14. The molecule has 0 radical (unpaired) electrons. The standard InChI is InChI=1S/C14H18N2O2/c1-9-6-5-7-16-10(8-11(17)18)12(14(2,3)4)15-13(9)16/h5-7H,8H2,1-4H3,(H,17,18). The van der Waals surface area contributed by atoms with Crippen LogP contribution >= 0.6 is 0 Å². The molecule has 2 rings (SSSR count). The molecular formula is C14H18N2O2. The molecule has 0 aliphatic carbocycles. The first-order chi connectivity index (χ1) is 8.30. The van der Waals surface area contributed by atoms with E-state index < -0.39 is 5.97 Å². The first-order valence-electron chi connectivity index (χ1n) is 5.99. The van der Waals surface area contributed by atoms with Gasteiger partial charge in [-0.15, -0.1) is 0 Å². The number of aromatic nitrogens is 2. The molecule has 0 saturated carbocycles. The quantitative estimate of drug-likeness (QED) is 0.886. The van der Waals surface area contributed by atoms with E-state index in [1.54, 1.807) is 0 Å². The van der Waals surface area contributed by atoms with Crippen LogP contribution in [-0.2, 0) is 16.6 Å². The third-order valence-electron chi connectivity index (χ3n) is 2.97. The van der Waals surface area contributed by atoms with Crippen LogP contribution in [0, 0.1) is 6.92 Å². The smallest absolute Gasteiger partial charge is 0.309 e. The molecular weight excluding hydrogens is 228 g/mol. The molecule has 18 heavy (non-hydrogen) atoms. The summed E-state index contributed by atoms with van der Waals surface area (Å²) in [4.78, 5) is 15.7. The van der Waals surface area contributed by atoms with Gasteiger partial charge < -0.3 is 9.51 Å². The molecule has 2 heterocycles. The number of carboxylic acid groups (broad SMARTS) is 1. The van der Waals surface area contributed by atoms with E-state index >= 15 is 0 Å². The topological polar surface area (TPSA) is 54.6 Å². The van der Waals surface area contributed by atoms with E-state index in [2.05, 4.69) is 25.8 Å². The lowest BCUT2D eigenvalue weighted by Crippen LogP contribution is -2.16. The number of pyridine rings is 1. The number of rotatable bonds is 2. The summed E-state index contributed by atoms with van der Waals surface area (Å²) in [5, 5.41) is 9.06. The maximum atomic E-state index is 11.0. The highest BCUT2D eigenvalue weighted by Crippen LogP contribution is 2.27. The summed E-state index contributed by atoms with van der Waals surface area (Å²) < 4.78 is 1.89. The van der Waals surface area contributed by atoms with Crippen molar-refractivity contribution in [1.82, 2.24) is 9.38 Å². The van der Waals surface area contributed by atoms with Gasteiger partial charge in [-0.3, -0.25) is 4.79 Å². The van der Waals surface area contributed by atoms with Gasteiger partial charge in [-0.05, 0) is 18.6 Å². The van der Waals surface area contributed by atoms with E-state index in [-0.39, 0.29) is 11.8 Å². The summed E-state index contributed by atoms with van der Waals surface area (Å²) in [5.74, 6) is -0.830. The van der Waals surface area contributed by atoms with Gasteiger partial charge in [-0.1, -0.05) is 26.8 Å². The van der Waals surface area contributed by atoms with Crippen LogP contribution in [0.5, 0.6) is 0 Å². The lowest BCUT2D eigenvalue weighted by Gasteiger charge is -2.17. The SMILES string of the molecule is Cc1cccn2c(CC(=O)O)c(C(C)(C)C)nc12. The Morgan fingerprint density at radius 1 is 1.44 bits per heavy atom. The fraction of sp³-hybridized carbons (Fsp3) is 0.429. The lowest BCUT2D eigenvalue weighted by molar-refractivity contribution is -0.136. The van der Waals surface area contributed by atoms with Crippen molar-refractivity contribution < 1.29 is 9.90 Å². The number of aryl methyl sites for hydroxylation is 1. The number of carboxylic acids is 1. The maximum Gasteiger partial charge on any atom is 0.309 e. The first kappa shape index (κ1) is 12.6. The molecule has 0 aliphatic heterocycles. The Balaban J connectivity index is 2.76. The summed E-state index contributed by atoms with van der Waals surface area (Å²) in [5.41, 5.74) is 3.37.